The van der Waals surface area contributed by atoms with Crippen LogP contribution in [0.25, 0.3) is 0 Å². The molecule has 6 heteroatoms. The van der Waals surface area contributed by atoms with Crippen molar-refractivity contribution in [2.24, 2.45) is 5.92 Å². The Kier molecular flexibility index (Phi) is 6.99. The molecule has 148 valence electrons. The van der Waals surface area contributed by atoms with Crippen LogP contribution in [-0.4, -0.2) is 29.4 Å². The Labute approximate surface area is 160 Å². The van der Waals surface area contributed by atoms with Crippen LogP contribution in [0.3, 0.4) is 0 Å². The molecule has 0 aromatic heterocycles. The Morgan fingerprint density at radius 2 is 1.78 bits per heavy atom. The number of nitrogens with one attached hydrogen (secondary N) is 2. The van der Waals surface area contributed by atoms with Gasteiger partial charge in [-0.25, -0.2) is 0 Å². The summed E-state index contributed by atoms with van der Waals surface area (Å²) in [6, 6.07) is 7.15. The van der Waals surface area contributed by atoms with Gasteiger partial charge in [0.15, 0.2) is 0 Å². The van der Waals surface area contributed by atoms with Crippen LogP contribution in [0.2, 0.25) is 0 Å². The fraction of sp³-hybridized carbons (Fsp3) is 0.571. The van der Waals surface area contributed by atoms with Gasteiger partial charge in [0.2, 0.25) is 11.8 Å². The molecule has 1 aliphatic carbocycles. The van der Waals surface area contributed by atoms with E-state index in [1.54, 1.807) is 0 Å². The van der Waals surface area contributed by atoms with Crippen LogP contribution in [0.15, 0.2) is 24.3 Å². The number of carboxylic acid groups (broad SMARTS) is 1. The third-order valence-electron chi connectivity index (χ3n) is 4.72. The molecule has 1 fully saturated rings. The van der Waals surface area contributed by atoms with E-state index < -0.39 is 12.0 Å². The van der Waals surface area contributed by atoms with Gasteiger partial charge in [-0.1, -0.05) is 45.0 Å². The summed E-state index contributed by atoms with van der Waals surface area (Å²) >= 11 is 0. The van der Waals surface area contributed by atoms with Crippen molar-refractivity contribution >= 4 is 17.8 Å². The largest absolute Gasteiger partial charge is 0.481 e. The van der Waals surface area contributed by atoms with Gasteiger partial charge in [-0.3, -0.25) is 14.4 Å². The van der Waals surface area contributed by atoms with E-state index >= 15 is 0 Å². The van der Waals surface area contributed by atoms with Gasteiger partial charge in [0.1, 0.15) is 0 Å². The fourth-order valence-electron chi connectivity index (χ4n) is 2.86. The third kappa shape index (κ3) is 7.04. The van der Waals surface area contributed by atoms with Gasteiger partial charge in [0.05, 0.1) is 12.5 Å². The van der Waals surface area contributed by atoms with Crippen molar-refractivity contribution in [2.75, 3.05) is 6.54 Å². The summed E-state index contributed by atoms with van der Waals surface area (Å²) in [6.07, 6.45) is 2.53. The first-order valence-electron chi connectivity index (χ1n) is 9.56. The molecule has 1 atom stereocenters. The van der Waals surface area contributed by atoms with Gasteiger partial charge in [0, 0.05) is 18.9 Å². The zero-order valence-corrected chi connectivity index (χ0v) is 16.4. The highest BCUT2D eigenvalue weighted by Gasteiger charge is 2.29. The lowest BCUT2D eigenvalue weighted by molar-refractivity contribution is -0.137. The molecule has 2 amide bonds. The fourth-order valence-corrected chi connectivity index (χ4v) is 2.86. The average molecular weight is 374 g/mol. The summed E-state index contributed by atoms with van der Waals surface area (Å²) < 4.78 is 0. The zero-order valence-electron chi connectivity index (χ0n) is 16.4. The topological polar surface area (TPSA) is 95.5 Å². The molecule has 0 heterocycles. The van der Waals surface area contributed by atoms with Crippen molar-refractivity contribution < 1.29 is 19.5 Å². The van der Waals surface area contributed by atoms with Crippen molar-refractivity contribution in [1.82, 2.24) is 10.6 Å². The summed E-state index contributed by atoms with van der Waals surface area (Å²) in [5, 5.41) is 14.8. The van der Waals surface area contributed by atoms with E-state index in [1.807, 2.05) is 24.3 Å². The molecule has 0 aliphatic heterocycles. The van der Waals surface area contributed by atoms with E-state index in [0.717, 1.165) is 24.0 Å². The van der Waals surface area contributed by atoms with Crippen LogP contribution in [0.1, 0.15) is 70.0 Å². The van der Waals surface area contributed by atoms with Gasteiger partial charge in [0.25, 0.3) is 0 Å². The molecule has 1 saturated carbocycles. The maximum absolute atomic E-state index is 12.2. The Hall–Kier alpha value is -2.37. The van der Waals surface area contributed by atoms with Crippen molar-refractivity contribution in [3.8, 4) is 0 Å². The van der Waals surface area contributed by atoms with Crippen LogP contribution in [0, 0.1) is 5.92 Å². The molecule has 27 heavy (non-hydrogen) atoms. The Morgan fingerprint density at radius 1 is 1.15 bits per heavy atom. The number of hydrogen-bond acceptors (Lipinski definition) is 3. The SMILES string of the molecule is CC(C)(C)c1ccc(C(CC(=O)O)NC(=O)CCCNC(=O)C2CC2)cc1. The first kappa shape index (κ1) is 20.9. The van der Waals surface area contributed by atoms with Crippen molar-refractivity contribution in [3.63, 3.8) is 0 Å². The van der Waals surface area contributed by atoms with Gasteiger partial charge in [-0.05, 0) is 35.8 Å². The number of amides is 2. The van der Waals surface area contributed by atoms with Gasteiger partial charge in [-0.2, -0.15) is 0 Å². The Morgan fingerprint density at radius 3 is 2.30 bits per heavy atom. The minimum atomic E-state index is -0.961. The smallest absolute Gasteiger partial charge is 0.305 e. The molecule has 0 radical (unpaired) electrons. The van der Waals surface area contributed by atoms with E-state index in [-0.39, 0.29) is 36.0 Å². The number of hydrogen-bond donors (Lipinski definition) is 3. The number of carbonyl (C=O) groups is 3. The highest BCUT2D eigenvalue weighted by molar-refractivity contribution is 5.81. The summed E-state index contributed by atoms with van der Waals surface area (Å²) in [6.45, 7) is 6.80. The molecule has 0 saturated heterocycles. The zero-order chi connectivity index (χ0) is 20.0. The van der Waals surface area contributed by atoms with E-state index in [0.29, 0.717) is 13.0 Å². The van der Waals surface area contributed by atoms with E-state index in [4.69, 9.17) is 0 Å². The lowest BCUT2D eigenvalue weighted by Crippen LogP contribution is -2.31. The van der Waals surface area contributed by atoms with E-state index in [9.17, 15) is 19.5 Å². The van der Waals surface area contributed by atoms with Crippen molar-refractivity contribution in [2.45, 2.75) is 64.3 Å². The molecule has 2 rings (SSSR count). The van der Waals surface area contributed by atoms with E-state index in [1.165, 1.54) is 0 Å². The van der Waals surface area contributed by atoms with Crippen LogP contribution >= 0.6 is 0 Å². The second kappa shape index (κ2) is 9.02. The molecule has 1 aliphatic rings. The molecular formula is C21H30N2O4. The first-order valence-corrected chi connectivity index (χ1v) is 9.56. The predicted octanol–water partition coefficient (Wildman–Crippen LogP) is 2.92. The third-order valence-corrected chi connectivity index (χ3v) is 4.72. The van der Waals surface area contributed by atoms with Crippen molar-refractivity contribution in [3.05, 3.63) is 35.4 Å². The number of benzene rings is 1. The molecule has 1 aromatic carbocycles. The molecule has 0 bridgehead atoms. The summed E-state index contributed by atoms with van der Waals surface area (Å²) in [4.78, 5) is 35.0. The van der Waals surface area contributed by atoms with Gasteiger partial charge in [-0.15, -0.1) is 0 Å². The monoisotopic (exact) mass is 374 g/mol. The van der Waals surface area contributed by atoms with Crippen LogP contribution in [-0.2, 0) is 19.8 Å². The molecule has 6 nitrogen and oxygen atoms in total. The summed E-state index contributed by atoms with van der Waals surface area (Å²) in [5.74, 6) is -0.938. The molecular weight excluding hydrogens is 344 g/mol. The quantitative estimate of drug-likeness (QED) is 0.579. The summed E-state index contributed by atoms with van der Waals surface area (Å²) in [5.41, 5.74) is 1.94. The van der Waals surface area contributed by atoms with Crippen LogP contribution in [0.4, 0.5) is 0 Å². The van der Waals surface area contributed by atoms with E-state index in [2.05, 4.69) is 31.4 Å². The average Bonchev–Trinajstić information content (AvgIpc) is 3.42. The van der Waals surface area contributed by atoms with Gasteiger partial charge >= 0.3 is 5.97 Å². The molecule has 0 spiro atoms. The highest BCUT2D eigenvalue weighted by Crippen LogP contribution is 2.28. The number of aliphatic carboxylic acids is 1. The first-order chi connectivity index (χ1) is 12.7. The standard InChI is InChI=1S/C21H30N2O4/c1-21(2,3)16-10-8-14(9-11-16)17(13-19(25)26)23-18(24)5-4-12-22-20(27)15-6-7-15/h8-11,15,17H,4-7,12-13H2,1-3H3,(H,22,27)(H,23,24)(H,25,26). The maximum atomic E-state index is 12.2. The molecule has 1 unspecified atom stereocenters. The minimum Gasteiger partial charge on any atom is -0.481 e. The van der Waals surface area contributed by atoms with Crippen LogP contribution < -0.4 is 10.6 Å². The second-order valence-electron chi connectivity index (χ2n) is 8.26. The van der Waals surface area contributed by atoms with Crippen molar-refractivity contribution in [1.29, 1.82) is 0 Å². The lowest BCUT2D eigenvalue weighted by Gasteiger charge is -2.22. The normalized spacial score (nSPS) is 15.1. The molecule has 1 aromatic rings. The predicted molar refractivity (Wildman–Crippen MR) is 103 cm³/mol. The highest BCUT2D eigenvalue weighted by atomic mass is 16.4. The second-order valence-corrected chi connectivity index (χ2v) is 8.26. The van der Waals surface area contributed by atoms with Crippen LogP contribution in [0.5, 0.6) is 0 Å². The molecule has 3 N–H and O–H groups in total. The number of carbonyl (C=O) groups excluding carboxylic acids is 2. The number of carboxylic acids is 1. The Bertz CT molecular complexity index is 672. The summed E-state index contributed by atoms with van der Waals surface area (Å²) in [7, 11) is 0. The van der Waals surface area contributed by atoms with Gasteiger partial charge < -0.3 is 15.7 Å². The minimum absolute atomic E-state index is 0.00890. The number of rotatable bonds is 9. The Balaban J connectivity index is 1.88. The lowest BCUT2D eigenvalue weighted by atomic mass is 9.86. The maximum Gasteiger partial charge on any atom is 0.305 e.